The van der Waals surface area contributed by atoms with Crippen molar-refractivity contribution in [3.05, 3.63) is 17.5 Å². The third-order valence-corrected chi connectivity index (χ3v) is 5.77. The smallest absolute Gasteiger partial charge is 0.317 e. The van der Waals surface area contributed by atoms with Crippen molar-refractivity contribution < 1.29 is 9.32 Å². The molecule has 0 spiro atoms. The molecule has 2 amide bonds. The Hall–Kier alpha value is -1.60. The van der Waals surface area contributed by atoms with Crippen molar-refractivity contribution in [2.75, 3.05) is 46.8 Å². The van der Waals surface area contributed by atoms with Gasteiger partial charge in [-0.25, -0.2) is 4.79 Å². The fraction of sp³-hybridized carbons (Fsp3) is 0.778. The fourth-order valence-electron chi connectivity index (χ4n) is 3.99. The summed E-state index contributed by atoms with van der Waals surface area (Å²) in [6.07, 6.45) is 4.86. The average molecular weight is 349 g/mol. The maximum Gasteiger partial charge on any atom is 0.317 e. The monoisotopic (exact) mass is 349 g/mol. The molecule has 1 aromatic heterocycles. The molecule has 2 heterocycles. The number of hydrogen-bond donors (Lipinski definition) is 1. The van der Waals surface area contributed by atoms with Gasteiger partial charge in [0.2, 0.25) is 0 Å². The van der Waals surface area contributed by atoms with E-state index in [1.807, 2.05) is 17.9 Å². The van der Waals surface area contributed by atoms with Gasteiger partial charge in [-0.3, -0.25) is 4.90 Å². The largest absolute Gasteiger partial charge is 0.360 e. The molecule has 1 aliphatic carbocycles. The second-order valence-corrected chi connectivity index (χ2v) is 7.68. The number of carbonyl (C=O) groups is 1. The number of aromatic nitrogens is 1. The van der Waals surface area contributed by atoms with E-state index in [2.05, 4.69) is 34.4 Å². The van der Waals surface area contributed by atoms with Crippen molar-refractivity contribution in [3.63, 3.8) is 0 Å². The van der Waals surface area contributed by atoms with Gasteiger partial charge in [0.15, 0.2) is 5.76 Å². The zero-order chi connectivity index (χ0) is 17.9. The molecule has 140 valence electrons. The fourth-order valence-corrected chi connectivity index (χ4v) is 3.99. The summed E-state index contributed by atoms with van der Waals surface area (Å²) >= 11 is 0. The SMILES string of the molecule is Cc1cc(CN2CCN(C(=O)NCC3(N(C)C)CCCC3)CC2)on1. The van der Waals surface area contributed by atoms with Crippen LogP contribution < -0.4 is 5.32 Å². The van der Waals surface area contributed by atoms with Gasteiger partial charge in [-0.2, -0.15) is 0 Å². The molecule has 1 saturated carbocycles. The van der Waals surface area contributed by atoms with Gasteiger partial charge < -0.3 is 19.6 Å². The Labute approximate surface area is 150 Å². The van der Waals surface area contributed by atoms with Crippen molar-refractivity contribution in [3.8, 4) is 0 Å². The molecule has 0 radical (unpaired) electrons. The molecule has 1 N–H and O–H groups in total. The molecule has 0 unspecified atom stereocenters. The topological polar surface area (TPSA) is 64.8 Å². The van der Waals surface area contributed by atoms with Crippen LogP contribution in [-0.4, -0.2) is 78.2 Å². The van der Waals surface area contributed by atoms with Crippen LogP contribution in [0.5, 0.6) is 0 Å². The molecule has 1 aromatic rings. The van der Waals surface area contributed by atoms with Crippen LogP contribution in [-0.2, 0) is 6.54 Å². The first kappa shape index (κ1) is 18.2. The number of aryl methyl sites for hydroxylation is 1. The van der Waals surface area contributed by atoms with Crippen LogP contribution >= 0.6 is 0 Å². The lowest BCUT2D eigenvalue weighted by atomic mass is 9.96. The molecule has 0 bridgehead atoms. The van der Waals surface area contributed by atoms with Gasteiger partial charge in [0.1, 0.15) is 0 Å². The third kappa shape index (κ3) is 4.33. The standard InChI is InChI=1S/C18H31N5O2/c1-15-12-16(25-20-15)13-22-8-10-23(11-9-22)17(24)19-14-18(21(2)3)6-4-5-7-18/h12H,4-11,13-14H2,1-3H3,(H,19,24). The minimum Gasteiger partial charge on any atom is -0.360 e. The number of piperazine rings is 1. The molecule has 0 atom stereocenters. The van der Waals surface area contributed by atoms with Gasteiger partial charge in [0.25, 0.3) is 0 Å². The molecule has 7 nitrogen and oxygen atoms in total. The minimum atomic E-state index is 0.0725. The van der Waals surface area contributed by atoms with Gasteiger partial charge in [-0.1, -0.05) is 18.0 Å². The summed E-state index contributed by atoms with van der Waals surface area (Å²) in [6, 6.07) is 2.05. The van der Waals surface area contributed by atoms with Crippen molar-refractivity contribution in [2.24, 2.45) is 0 Å². The summed E-state index contributed by atoms with van der Waals surface area (Å²) in [4.78, 5) is 19.1. The van der Waals surface area contributed by atoms with Gasteiger partial charge >= 0.3 is 6.03 Å². The number of nitrogens with zero attached hydrogens (tertiary/aromatic N) is 4. The van der Waals surface area contributed by atoms with Crippen molar-refractivity contribution in [2.45, 2.75) is 44.7 Å². The number of carbonyl (C=O) groups excluding carboxylic acids is 1. The van der Waals surface area contributed by atoms with Crippen LogP contribution in [0, 0.1) is 6.92 Å². The molecular formula is C18H31N5O2. The lowest BCUT2D eigenvalue weighted by molar-refractivity contribution is 0.118. The van der Waals surface area contributed by atoms with Crippen LogP contribution in [0.1, 0.15) is 37.1 Å². The van der Waals surface area contributed by atoms with E-state index in [0.29, 0.717) is 0 Å². The van der Waals surface area contributed by atoms with Gasteiger partial charge in [0.05, 0.1) is 12.2 Å². The summed E-state index contributed by atoms with van der Waals surface area (Å²) in [5.74, 6) is 0.893. The molecular weight excluding hydrogens is 318 g/mol. The van der Waals surface area contributed by atoms with Gasteiger partial charge in [-0.05, 0) is 33.9 Å². The number of rotatable bonds is 5. The zero-order valence-electron chi connectivity index (χ0n) is 15.8. The molecule has 1 aliphatic heterocycles. The van der Waals surface area contributed by atoms with E-state index in [1.165, 1.54) is 25.7 Å². The Morgan fingerprint density at radius 3 is 2.52 bits per heavy atom. The lowest BCUT2D eigenvalue weighted by Crippen LogP contribution is -2.56. The molecule has 0 aromatic carbocycles. The normalized spacial score (nSPS) is 21.0. The third-order valence-electron chi connectivity index (χ3n) is 5.77. The van der Waals surface area contributed by atoms with Crippen LogP contribution in [0.2, 0.25) is 0 Å². The van der Waals surface area contributed by atoms with Crippen LogP contribution in [0.15, 0.2) is 10.6 Å². The lowest BCUT2D eigenvalue weighted by Gasteiger charge is -2.38. The number of likely N-dealkylation sites (N-methyl/N-ethyl adjacent to an activating group) is 1. The summed E-state index contributed by atoms with van der Waals surface area (Å²) in [6.45, 7) is 6.69. The van der Waals surface area contributed by atoms with Crippen molar-refractivity contribution >= 4 is 6.03 Å². The van der Waals surface area contributed by atoms with Crippen LogP contribution in [0.3, 0.4) is 0 Å². The number of nitrogens with one attached hydrogen (secondary N) is 1. The van der Waals surface area contributed by atoms with E-state index < -0.39 is 0 Å². The maximum absolute atomic E-state index is 12.5. The van der Waals surface area contributed by atoms with E-state index in [9.17, 15) is 4.79 Å². The van der Waals surface area contributed by atoms with Crippen molar-refractivity contribution in [1.29, 1.82) is 0 Å². The van der Waals surface area contributed by atoms with E-state index in [-0.39, 0.29) is 11.6 Å². The Morgan fingerprint density at radius 1 is 1.28 bits per heavy atom. The van der Waals surface area contributed by atoms with Gasteiger partial charge in [-0.15, -0.1) is 0 Å². The number of amides is 2. The van der Waals surface area contributed by atoms with Crippen LogP contribution in [0.25, 0.3) is 0 Å². The Kier molecular flexibility index (Phi) is 5.64. The first-order chi connectivity index (χ1) is 12.0. The average Bonchev–Trinajstić information content (AvgIpc) is 3.23. The molecule has 1 saturated heterocycles. The highest BCUT2D eigenvalue weighted by molar-refractivity contribution is 5.74. The Morgan fingerprint density at radius 2 is 1.96 bits per heavy atom. The predicted molar refractivity (Wildman–Crippen MR) is 96.4 cm³/mol. The predicted octanol–water partition coefficient (Wildman–Crippen LogP) is 1.68. The van der Waals surface area contributed by atoms with Crippen molar-refractivity contribution in [1.82, 2.24) is 25.2 Å². The van der Waals surface area contributed by atoms with E-state index in [0.717, 1.165) is 50.7 Å². The minimum absolute atomic E-state index is 0.0725. The molecule has 7 heteroatoms. The molecule has 2 fully saturated rings. The maximum atomic E-state index is 12.5. The van der Waals surface area contributed by atoms with Crippen LogP contribution in [0.4, 0.5) is 4.79 Å². The molecule has 3 rings (SSSR count). The highest BCUT2D eigenvalue weighted by atomic mass is 16.5. The summed E-state index contributed by atoms with van der Waals surface area (Å²) in [7, 11) is 4.25. The first-order valence-corrected chi connectivity index (χ1v) is 9.33. The second kappa shape index (κ2) is 7.74. The quantitative estimate of drug-likeness (QED) is 0.876. The van der Waals surface area contributed by atoms with E-state index in [1.54, 1.807) is 0 Å². The van der Waals surface area contributed by atoms with Gasteiger partial charge in [0, 0.05) is 44.3 Å². The summed E-state index contributed by atoms with van der Waals surface area (Å²) in [5, 5.41) is 7.11. The van der Waals surface area contributed by atoms with E-state index >= 15 is 0 Å². The Balaban J connectivity index is 1.43. The zero-order valence-corrected chi connectivity index (χ0v) is 15.8. The highest BCUT2D eigenvalue weighted by Crippen LogP contribution is 2.33. The number of hydrogen-bond acceptors (Lipinski definition) is 5. The van der Waals surface area contributed by atoms with E-state index in [4.69, 9.17) is 4.52 Å². The number of urea groups is 1. The summed E-state index contributed by atoms with van der Waals surface area (Å²) < 4.78 is 5.28. The summed E-state index contributed by atoms with van der Waals surface area (Å²) in [5.41, 5.74) is 1.05. The Bertz CT molecular complexity index is 572. The molecule has 25 heavy (non-hydrogen) atoms. The molecule has 2 aliphatic rings. The second-order valence-electron chi connectivity index (χ2n) is 7.68. The highest BCUT2D eigenvalue weighted by Gasteiger charge is 2.36. The first-order valence-electron chi connectivity index (χ1n) is 9.33.